The highest BCUT2D eigenvalue weighted by molar-refractivity contribution is 7.15. The summed E-state index contributed by atoms with van der Waals surface area (Å²) in [5, 5.41) is 14.6. The van der Waals surface area contributed by atoms with Gasteiger partial charge in [-0.1, -0.05) is 29.5 Å². The molecule has 4 aromatic rings. The van der Waals surface area contributed by atoms with Crippen LogP contribution in [0.5, 0.6) is 5.75 Å². The number of nitrogens with one attached hydrogen (secondary N) is 2. The van der Waals surface area contributed by atoms with E-state index in [4.69, 9.17) is 0 Å². The number of halogens is 3. The number of carbonyl (C=O) groups excluding carboxylic acids is 2. The molecule has 40 heavy (non-hydrogen) atoms. The minimum atomic E-state index is -4.80. The molecule has 9 nitrogen and oxygen atoms in total. The van der Waals surface area contributed by atoms with Gasteiger partial charge in [0.1, 0.15) is 16.6 Å². The predicted molar refractivity (Wildman–Crippen MR) is 143 cm³/mol. The Labute approximate surface area is 231 Å². The van der Waals surface area contributed by atoms with E-state index in [0.29, 0.717) is 22.9 Å². The maximum absolute atomic E-state index is 12.4. The van der Waals surface area contributed by atoms with Gasteiger partial charge in [0.25, 0.3) is 0 Å². The summed E-state index contributed by atoms with van der Waals surface area (Å²) in [6.45, 7) is 0. The number of rotatable bonds is 12. The number of unbranched alkanes of at least 4 members (excludes halogenated alkanes) is 1. The number of aryl methyl sites for hydroxylation is 2. The van der Waals surface area contributed by atoms with Gasteiger partial charge < -0.3 is 15.4 Å². The maximum atomic E-state index is 12.4. The van der Waals surface area contributed by atoms with Gasteiger partial charge in [0, 0.05) is 25.0 Å². The van der Waals surface area contributed by atoms with E-state index in [1.165, 1.54) is 35.6 Å². The van der Waals surface area contributed by atoms with Crippen molar-refractivity contribution in [1.82, 2.24) is 20.2 Å². The van der Waals surface area contributed by atoms with Gasteiger partial charge in [-0.3, -0.25) is 14.6 Å². The summed E-state index contributed by atoms with van der Waals surface area (Å²) in [5.74, 6) is -0.458. The number of pyridine rings is 2. The first-order valence-electron chi connectivity index (χ1n) is 12.3. The fraction of sp³-hybridized carbons (Fsp3) is 0.259. The lowest BCUT2D eigenvalue weighted by atomic mass is 10.1. The lowest BCUT2D eigenvalue weighted by Gasteiger charge is -2.09. The standard InChI is InChI=1S/C27H25F3N6O3S/c28-27(29,30)39-21-6-3-5-20(14-21)16-24(38)34-26-36-35-25(40-26)7-2-1-4-19-8-9-22(32-17-19)33-23(37)15-18-10-12-31-13-11-18/h3,5-6,8-14,17H,1-2,4,7,15-16H2,(H,32,33,37)(H,34,36,38). The normalized spacial score (nSPS) is 11.2. The third-order valence-electron chi connectivity index (χ3n) is 5.52. The Kier molecular flexibility index (Phi) is 9.73. The molecule has 0 bridgehead atoms. The largest absolute Gasteiger partial charge is 0.573 e. The fourth-order valence-corrected chi connectivity index (χ4v) is 4.53. The maximum Gasteiger partial charge on any atom is 0.573 e. The molecule has 0 atom stereocenters. The van der Waals surface area contributed by atoms with Crippen molar-refractivity contribution in [2.75, 3.05) is 10.6 Å². The van der Waals surface area contributed by atoms with Crippen molar-refractivity contribution in [3.63, 3.8) is 0 Å². The van der Waals surface area contributed by atoms with Crippen LogP contribution < -0.4 is 15.4 Å². The highest BCUT2D eigenvalue weighted by Gasteiger charge is 2.31. The molecule has 0 aliphatic heterocycles. The number of carbonyl (C=O) groups is 2. The molecule has 2 amide bonds. The Hall–Kier alpha value is -4.39. The van der Waals surface area contributed by atoms with Crippen LogP contribution in [0.1, 0.15) is 34.5 Å². The smallest absolute Gasteiger partial charge is 0.406 e. The van der Waals surface area contributed by atoms with Crippen LogP contribution >= 0.6 is 11.3 Å². The summed E-state index contributed by atoms with van der Waals surface area (Å²) in [4.78, 5) is 32.7. The molecule has 0 aliphatic rings. The van der Waals surface area contributed by atoms with E-state index < -0.39 is 12.3 Å². The SMILES string of the molecule is O=C(Cc1ccncc1)Nc1ccc(CCCCc2nnc(NC(=O)Cc3cccc(OC(F)(F)F)c3)s2)cn1. The monoisotopic (exact) mass is 570 g/mol. The molecule has 0 unspecified atom stereocenters. The third-order valence-corrected chi connectivity index (χ3v) is 6.42. The summed E-state index contributed by atoms with van der Waals surface area (Å²) in [7, 11) is 0. The van der Waals surface area contributed by atoms with Crippen molar-refractivity contribution < 1.29 is 27.5 Å². The average Bonchev–Trinajstić information content (AvgIpc) is 3.34. The van der Waals surface area contributed by atoms with Gasteiger partial charge in [-0.15, -0.1) is 23.4 Å². The molecular weight excluding hydrogens is 545 g/mol. The molecule has 0 aliphatic carbocycles. The van der Waals surface area contributed by atoms with Crippen LogP contribution in [0.15, 0.2) is 67.1 Å². The molecule has 0 radical (unpaired) electrons. The summed E-state index contributed by atoms with van der Waals surface area (Å²) >= 11 is 1.25. The number of ether oxygens (including phenoxy) is 1. The molecular formula is C27H25F3N6O3S. The second-order valence-corrected chi connectivity index (χ2v) is 9.82. The second-order valence-electron chi connectivity index (χ2n) is 8.76. The number of anilines is 2. The highest BCUT2D eigenvalue weighted by Crippen LogP contribution is 2.24. The highest BCUT2D eigenvalue weighted by atomic mass is 32.1. The summed E-state index contributed by atoms with van der Waals surface area (Å²) in [6, 6.07) is 12.6. The Morgan fingerprint density at radius 3 is 2.35 bits per heavy atom. The van der Waals surface area contributed by atoms with Crippen LogP contribution in [0, 0.1) is 0 Å². The minimum Gasteiger partial charge on any atom is -0.406 e. The van der Waals surface area contributed by atoms with Crippen molar-refractivity contribution in [2.45, 2.75) is 44.9 Å². The van der Waals surface area contributed by atoms with Crippen molar-refractivity contribution in [2.24, 2.45) is 0 Å². The van der Waals surface area contributed by atoms with Gasteiger partial charge in [-0.2, -0.15) is 0 Å². The number of benzene rings is 1. The minimum absolute atomic E-state index is 0.134. The predicted octanol–water partition coefficient (Wildman–Crippen LogP) is 5.15. The van der Waals surface area contributed by atoms with E-state index in [0.717, 1.165) is 35.4 Å². The van der Waals surface area contributed by atoms with Crippen LogP contribution in [-0.2, 0) is 35.3 Å². The number of alkyl halides is 3. The summed E-state index contributed by atoms with van der Waals surface area (Å²) < 4.78 is 41.1. The van der Waals surface area contributed by atoms with Gasteiger partial charge in [0.2, 0.25) is 16.9 Å². The number of hydrogen-bond acceptors (Lipinski definition) is 8. The van der Waals surface area contributed by atoms with Crippen molar-refractivity contribution in [3.05, 3.63) is 88.8 Å². The molecule has 0 spiro atoms. The Bertz CT molecular complexity index is 1420. The Balaban J connectivity index is 1.15. The first-order chi connectivity index (χ1) is 19.2. The molecule has 3 heterocycles. The fourth-order valence-electron chi connectivity index (χ4n) is 3.73. The van der Waals surface area contributed by atoms with Gasteiger partial charge >= 0.3 is 6.36 Å². The van der Waals surface area contributed by atoms with Crippen molar-refractivity contribution in [1.29, 1.82) is 0 Å². The van der Waals surface area contributed by atoms with Crippen molar-refractivity contribution >= 4 is 34.1 Å². The topological polar surface area (TPSA) is 119 Å². The van der Waals surface area contributed by atoms with Gasteiger partial charge in [-0.05, 0) is 66.3 Å². The molecule has 0 fully saturated rings. The van der Waals surface area contributed by atoms with Crippen LogP contribution in [0.25, 0.3) is 0 Å². The van der Waals surface area contributed by atoms with Gasteiger partial charge in [-0.25, -0.2) is 4.98 Å². The Morgan fingerprint density at radius 1 is 0.850 bits per heavy atom. The summed E-state index contributed by atoms with van der Waals surface area (Å²) in [5.41, 5.74) is 2.29. The Morgan fingerprint density at radius 2 is 1.60 bits per heavy atom. The summed E-state index contributed by atoms with van der Waals surface area (Å²) in [6.07, 6.45) is 3.56. The van der Waals surface area contributed by atoms with Crippen LogP contribution in [0.3, 0.4) is 0 Å². The van der Waals surface area contributed by atoms with Gasteiger partial charge in [0.15, 0.2) is 0 Å². The van der Waals surface area contributed by atoms with E-state index >= 15 is 0 Å². The van der Waals surface area contributed by atoms with E-state index in [2.05, 4.69) is 35.5 Å². The first-order valence-corrected chi connectivity index (χ1v) is 13.1. The van der Waals surface area contributed by atoms with E-state index in [1.54, 1.807) is 36.8 Å². The second kappa shape index (κ2) is 13.6. The quantitative estimate of drug-likeness (QED) is 0.226. The third kappa shape index (κ3) is 9.73. The molecule has 4 rings (SSSR count). The van der Waals surface area contributed by atoms with Gasteiger partial charge in [0.05, 0.1) is 12.8 Å². The van der Waals surface area contributed by atoms with Crippen LogP contribution in [0.4, 0.5) is 24.1 Å². The van der Waals surface area contributed by atoms with E-state index in [-0.39, 0.29) is 24.5 Å². The molecule has 3 aromatic heterocycles. The molecule has 13 heteroatoms. The number of amides is 2. The molecule has 2 N–H and O–H groups in total. The number of aromatic nitrogens is 4. The van der Waals surface area contributed by atoms with Crippen molar-refractivity contribution in [3.8, 4) is 5.75 Å². The van der Waals surface area contributed by atoms with E-state index in [9.17, 15) is 22.8 Å². The zero-order valence-corrected chi connectivity index (χ0v) is 22.0. The van der Waals surface area contributed by atoms with E-state index in [1.807, 2.05) is 6.07 Å². The molecule has 0 saturated heterocycles. The van der Waals surface area contributed by atoms with Crippen LogP contribution in [-0.4, -0.2) is 38.3 Å². The molecule has 208 valence electrons. The lowest BCUT2D eigenvalue weighted by Crippen LogP contribution is -2.17. The van der Waals surface area contributed by atoms with Crippen LogP contribution in [0.2, 0.25) is 0 Å². The molecule has 0 saturated carbocycles. The lowest BCUT2D eigenvalue weighted by molar-refractivity contribution is -0.274. The number of hydrogen-bond donors (Lipinski definition) is 2. The number of nitrogens with zero attached hydrogens (tertiary/aromatic N) is 4. The first kappa shape index (κ1) is 28.6. The molecule has 1 aromatic carbocycles. The zero-order valence-electron chi connectivity index (χ0n) is 21.1. The zero-order chi connectivity index (χ0) is 28.4. The average molecular weight is 571 g/mol.